The first-order valence-corrected chi connectivity index (χ1v) is 15.9. The van der Waals surface area contributed by atoms with Gasteiger partial charge in [-0.25, -0.2) is 0 Å². The predicted octanol–water partition coefficient (Wildman–Crippen LogP) is 2.66. The fourth-order valence-corrected chi connectivity index (χ4v) is 10.8. The molecule has 3 N–H and O–H groups in total. The summed E-state index contributed by atoms with van der Waals surface area (Å²) in [6, 6.07) is -0.967. The van der Waals surface area contributed by atoms with Crippen molar-refractivity contribution < 1.29 is 32.3 Å². The van der Waals surface area contributed by atoms with E-state index in [4.69, 9.17) is 0 Å². The van der Waals surface area contributed by atoms with Crippen LogP contribution in [0, 0.1) is 63.6 Å². The number of fused-ring (bicyclic) bond motifs is 3. The van der Waals surface area contributed by atoms with Gasteiger partial charge in [0, 0.05) is 23.9 Å². The highest BCUT2D eigenvalue weighted by Crippen LogP contribution is 2.66. The Labute approximate surface area is 249 Å². The van der Waals surface area contributed by atoms with Gasteiger partial charge in [-0.2, -0.15) is 18.4 Å². The van der Waals surface area contributed by atoms with Gasteiger partial charge in [-0.1, -0.05) is 13.8 Å². The Morgan fingerprint density at radius 1 is 1.05 bits per heavy atom. The molecule has 6 bridgehead atoms. The number of alkyl halides is 3. The highest BCUT2D eigenvalue weighted by atomic mass is 19.4. The maximum atomic E-state index is 14.4. The fourth-order valence-electron chi connectivity index (χ4n) is 10.8. The van der Waals surface area contributed by atoms with Gasteiger partial charge in [0.15, 0.2) is 0 Å². The second kappa shape index (κ2) is 9.58. The molecule has 0 aromatic rings. The number of likely N-dealkylation sites (tertiary alicyclic amines) is 1. The number of amides is 4. The summed E-state index contributed by atoms with van der Waals surface area (Å²) in [6.45, 7) is 4.23. The van der Waals surface area contributed by atoms with Gasteiger partial charge in [0.05, 0.1) is 6.07 Å². The summed E-state index contributed by atoms with van der Waals surface area (Å²) in [6.07, 6.45) is 1.57. The Morgan fingerprint density at radius 3 is 2.19 bits per heavy atom. The smallest absolute Gasteiger partial charge is 0.353 e. The lowest BCUT2D eigenvalue weighted by Crippen LogP contribution is -2.65. The lowest BCUT2D eigenvalue weighted by Gasteiger charge is -2.59. The third kappa shape index (κ3) is 4.62. The predicted molar refractivity (Wildman–Crippen MR) is 145 cm³/mol. The van der Waals surface area contributed by atoms with Crippen molar-refractivity contribution in [2.24, 2.45) is 52.3 Å². The second-order valence-electron chi connectivity index (χ2n) is 15.5. The largest absolute Gasteiger partial charge is 0.471 e. The van der Waals surface area contributed by atoms with Crippen molar-refractivity contribution in [1.82, 2.24) is 20.9 Å². The topological polar surface area (TPSA) is 131 Å². The van der Waals surface area contributed by atoms with Crippen LogP contribution >= 0.6 is 0 Å². The molecule has 43 heavy (non-hydrogen) atoms. The van der Waals surface area contributed by atoms with Crippen molar-refractivity contribution in [3.8, 4) is 6.07 Å². The van der Waals surface area contributed by atoms with Crippen molar-refractivity contribution in [2.75, 3.05) is 6.54 Å². The zero-order valence-corrected chi connectivity index (χ0v) is 24.6. The number of halogens is 3. The molecule has 9 aliphatic rings. The molecule has 3 saturated heterocycles. The minimum absolute atomic E-state index is 0.0147. The molecule has 3 aliphatic heterocycles. The van der Waals surface area contributed by atoms with Crippen LogP contribution in [0.3, 0.4) is 0 Å². The molecule has 6 aliphatic carbocycles. The van der Waals surface area contributed by atoms with Crippen molar-refractivity contribution >= 4 is 23.6 Å². The Balaban J connectivity index is 1.14. The number of piperidine rings is 3. The van der Waals surface area contributed by atoms with Gasteiger partial charge in [-0.05, 0) is 98.7 Å². The number of hydrogen-bond acceptors (Lipinski definition) is 5. The second-order valence-corrected chi connectivity index (χ2v) is 15.5. The highest BCUT2D eigenvalue weighted by molar-refractivity contribution is 5.95. The number of hydrogen-bond donors (Lipinski definition) is 3. The molecule has 0 radical (unpaired) electrons. The molecule has 0 spiro atoms. The Morgan fingerprint density at radius 2 is 1.65 bits per heavy atom. The lowest BCUT2D eigenvalue weighted by molar-refractivity contribution is -0.179. The van der Waals surface area contributed by atoms with Crippen LogP contribution in [-0.4, -0.2) is 65.4 Å². The first-order chi connectivity index (χ1) is 20.2. The van der Waals surface area contributed by atoms with E-state index < -0.39 is 47.4 Å². The minimum atomic E-state index is -5.14. The van der Waals surface area contributed by atoms with E-state index in [1.165, 1.54) is 4.90 Å². The maximum absolute atomic E-state index is 14.4. The number of rotatable bonds is 7. The molecule has 9 fully saturated rings. The SMILES string of the molecule is CC1(C)[C@@H]2[C@@H](C(=O)N[C@H](C#N)CC3C(=O)NC4CC3C4)N(C(=O)C(NC(=O)C(F)(F)F)C34CC5CC(CC(C5)C3)C4)C[C@@H]21. The molecule has 0 aromatic heterocycles. The van der Waals surface area contributed by atoms with Crippen LogP contribution in [0.2, 0.25) is 0 Å². The molecule has 6 saturated carbocycles. The van der Waals surface area contributed by atoms with E-state index in [0.717, 1.165) is 32.1 Å². The maximum Gasteiger partial charge on any atom is 0.471 e. The van der Waals surface area contributed by atoms with Gasteiger partial charge in [-0.3, -0.25) is 19.2 Å². The fraction of sp³-hybridized carbons (Fsp3) is 0.839. The first kappa shape index (κ1) is 28.9. The molecule has 2 unspecified atom stereocenters. The molecule has 3 heterocycles. The summed E-state index contributed by atoms with van der Waals surface area (Å²) in [5, 5.41) is 17.8. The number of nitriles is 1. The van der Waals surface area contributed by atoms with Crippen molar-refractivity contribution in [1.29, 1.82) is 5.26 Å². The van der Waals surface area contributed by atoms with Gasteiger partial charge in [0.1, 0.15) is 18.1 Å². The van der Waals surface area contributed by atoms with Gasteiger partial charge in [0.25, 0.3) is 0 Å². The zero-order chi connectivity index (χ0) is 30.6. The van der Waals surface area contributed by atoms with E-state index in [-0.39, 0.29) is 54.0 Å². The van der Waals surface area contributed by atoms with Crippen LogP contribution in [0.1, 0.15) is 71.6 Å². The average molecular weight is 604 g/mol. The summed E-state index contributed by atoms with van der Waals surface area (Å²) in [4.78, 5) is 54.6. The van der Waals surface area contributed by atoms with Crippen molar-refractivity contribution in [3.63, 3.8) is 0 Å². The summed E-state index contributed by atoms with van der Waals surface area (Å²) < 4.78 is 40.7. The molecular formula is C31H40F3N5O4. The third-order valence-corrected chi connectivity index (χ3v) is 12.6. The van der Waals surface area contributed by atoms with E-state index in [9.17, 15) is 37.6 Å². The summed E-state index contributed by atoms with van der Waals surface area (Å²) in [5.41, 5.74) is -1.02. The highest BCUT2D eigenvalue weighted by Gasteiger charge is 2.70. The normalized spacial score (nSPS) is 42.6. The van der Waals surface area contributed by atoms with Gasteiger partial charge < -0.3 is 20.9 Å². The van der Waals surface area contributed by atoms with E-state index >= 15 is 0 Å². The molecular weight excluding hydrogens is 563 g/mol. The van der Waals surface area contributed by atoms with Gasteiger partial charge >= 0.3 is 12.1 Å². The first-order valence-electron chi connectivity index (χ1n) is 15.9. The van der Waals surface area contributed by atoms with Crippen LogP contribution < -0.4 is 16.0 Å². The Bertz CT molecular complexity index is 1250. The molecule has 9 rings (SSSR count). The molecule has 12 heteroatoms. The quantitative estimate of drug-likeness (QED) is 0.412. The Kier molecular flexibility index (Phi) is 6.44. The van der Waals surface area contributed by atoms with E-state index in [0.29, 0.717) is 37.0 Å². The summed E-state index contributed by atoms with van der Waals surface area (Å²) in [5.74, 6) is -2.81. The number of carbonyl (C=O) groups is 4. The summed E-state index contributed by atoms with van der Waals surface area (Å²) in [7, 11) is 0. The molecule has 0 aromatic carbocycles. The van der Waals surface area contributed by atoms with Gasteiger partial charge in [-0.15, -0.1) is 0 Å². The van der Waals surface area contributed by atoms with E-state index in [2.05, 4.69) is 22.0 Å². The average Bonchev–Trinajstić information content (AvgIpc) is 3.22. The molecule has 234 valence electrons. The number of nitrogens with one attached hydrogen (secondary N) is 3. The van der Waals surface area contributed by atoms with Gasteiger partial charge in [0.2, 0.25) is 17.7 Å². The van der Waals surface area contributed by atoms with Crippen molar-refractivity contribution in [3.05, 3.63) is 0 Å². The van der Waals surface area contributed by atoms with Crippen molar-refractivity contribution in [2.45, 2.75) is 102 Å². The third-order valence-electron chi connectivity index (χ3n) is 12.6. The molecule has 6 atom stereocenters. The Hall–Kier alpha value is -2.84. The van der Waals surface area contributed by atoms with Crippen LogP contribution in [0.4, 0.5) is 13.2 Å². The minimum Gasteiger partial charge on any atom is -0.353 e. The number of carbonyl (C=O) groups excluding carboxylic acids is 4. The zero-order valence-electron chi connectivity index (χ0n) is 24.6. The standard InChI is InChI=1S/C31H40F3N5O4/c1-29(2)21-13-39(23(22(21)29)26(41)37-19(12-35)8-20-17-6-18(7-17)36-25(20)40)27(42)24(38-28(43)31(32,33)34)30-9-14-3-15(10-30)5-16(4-14)11-30/h14-24H,3-11,13H2,1-2H3,(H,36,40)(H,37,41)(H,38,43)/t14?,15?,16?,17?,18?,19-,20?,21-,22-,23-,24?,30?/m0/s1. The summed E-state index contributed by atoms with van der Waals surface area (Å²) >= 11 is 0. The number of nitrogens with zero attached hydrogens (tertiary/aromatic N) is 2. The van der Waals surface area contributed by atoms with Crippen LogP contribution in [0.15, 0.2) is 0 Å². The lowest BCUT2D eigenvalue weighted by atomic mass is 9.47. The van der Waals surface area contributed by atoms with E-state index in [1.807, 2.05) is 13.8 Å². The van der Waals surface area contributed by atoms with Crippen LogP contribution in [0.25, 0.3) is 0 Å². The van der Waals surface area contributed by atoms with Crippen LogP contribution in [-0.2, 0) is 19.2 Å². The van der Waals surface area contributed by atoms with E-state index in [1.54, 1.807) is 0 Å². The molecule has 4 amide bonds. The molecule has 9 nitrogen and oxygen atoms in total. The monoisotopic (exact) mass is 603 g/mol. The van der Waals surface area contributed by atoms with Crippen LogP contribution in [0.5, 0.6) is 0 Å².